The van der Waals surface area contributed by atoms with Crippen molar-refractivity contribution in [3.05, 3.63) is 30.2 Å². The molecule has 12 heavy (non-hydrogen) atoms. The number of hydrogen-bond donors (Lipinski definition) is 1. The lowest BCUT2D eigenvalue weighted by molar-refractivity contribution is 0.413. The van der Waals surface area contributed by atoms with E-state index in [0.29, 0.717) is 17.3 Å². The topological polar surface area (TPSA) is 39.2 Å². The van der Waals surface area contributed by atoms with Gasteiger partial charge in [0, 0.05) is 11.8 Å². The van der Waals surface area contributed by atoms with Crippen LogP contribution >= 0.6 is 12.6 Å². The molecule has 0 saturated heterocycles. The molecule has 0 bridgehead atoms. The van der Waals surface area contributed by atoms with Crippen molar-refractivity contribution in [3.63, 3.8) is 0 Å². The quantitative estimate of drug-likeness (QED) is 0.723. The van der Waals surface area contributed by atoms with E-state index >= 15 is 0 Å². The molecular weight excluding hydrogens is 174 g/mol. The third-order valence-electron chi connectivity index (χ3n) is 1.48. The van der Waals surface area contributed by atoms with Crippen molar-refractivity contribution >= 4 is 12.6 Å². The van der Waals surface area contributed by atoms with Crippen LogP contribution < -0.4 is 0 Å². The zero-order valence-electron chi connectivity index (χ0n) is 6.23. The van der Waals surface area contributed by atoms with Crippen molar-refractivity contribution in [3.8, 4) is 11.5 Å². The van der Waals surface area contributed by atoms with Crippen LogP contribution in [0.2, 0.25) is 0 Å². The molecule has 0 unspecified atom stereocenters. The fraction of sp³-hybridized carbons (Fsp3) is 0.125. The summed E-state index contributed by atoms with van der Waals surface area (Å²) in [7, 11) is 0. The number of rotatable bonds is 2. The Morgan fingerprint density at radius 3 is 2.92 bits per heavy atom. The van der Waals surface area contributed by atoms with E-state index in [1.807, 2.05) is 12.1 Å². The third kappa shape index (κ3) is 1.25. The van der Waals surface area contributed by atoms with E-state index in [0.717, 1.165) is 5.69 Å². The fourth-order valence-electron chi connectivity index (χ4n) is 0.921. The van der Waals surface area contributed by atoms with Crippen molar-refractivity contribution < 1.29 is 8.94 Å². The Morgan fingerprint density at radius 2 is 2.33 bits per heavy atom. The first kappa shape index (κ1) is 7.49. The van der Waals surface area contributed by atoms with Crippen LogP contribution in [0.25, 0.3) is 11.5 Å². The van der Waals surface area contributed by atoms with E-state index in [9.17, 15) is 0 Å². The maximum Gasteiger partial charge on any atom is 0.202 e. The molecule has 2 aromatic heterocycles. The highest BCUT2D eigenvalue weighted by molar-refractivity contribution is 7.79. The second-order valence-corrected chi connectivity index (χ2v) is 2.63. The molecule has 0 atom stereocenters. The van der Waals surface area contributed by atoms with Crippen molar-refractivity contribution in [2.75, 3.05) is 0 Å². The van der Waals surface area contributed by atoms with Crippen LogP contribution in [0.4, 0.5) is 0 Å². The highest BCUT2D eigenvalue weighted by atomic mass is 32.1. The minimum atomic E-state index is 0.574. The highest BCUT2D eigenvalue weighted by Crippen LogP contribution is 2.20. The first-order chi connectivity index (χ1) is 5.90. The molecule has 0 fully saturated rings. The van der Waals surface area contributed by atoms with E-state index in [4.69, 9.17) is 8.94 Å². The summed E-state index contributed by atoms with van der Waals surface area (Å²) in [5.41, 5.74) is 0.810. The van der Waals surface area contributed by atoms with Gasteiger partial charge in [-0.2, -0.15) is 12.6 Å². The average Bonchev–Trinajstić information content (AvgIpc) is 2.75. The first-order valence-corrected chi connectivity index (χ1v) is 4.14. The van der Waals surface area contributed by atoms with Crippen LogP contribution in [-0.2, 0) is 5.75 Å². The van der Waals surface area contributed by atoms with Crippen molar-refractivity contribution in [1.29, 1.82) is 0 Å². The smallest absolute Gasteiger partial charge is 0.202 e. The lowest BCUT2D eigenvalue weighted by Crippen LogP contribution is -1.70. The van der Waals surface area contributed by atoms with E-state index in [-0.39, 0.29) is 0 Å². The summed E-state index contributed by atoms with van der Waals surface area (Å²) in [6.07, 6.45) is 1.60. The molecular formula is C8H7NO2S. The second kappa shape index (κ2) is 3.06. The first-order valence-electron chi connectivity index (χ1n) is 3.50. The number of nitrogens with zero attached hydrogens (tertiary/aromatic N) is 1. The highest BCUT2D eigenvalue weighted by Gasteiger charge is 2.06. The van der Waals surface area contributed by atoms with Crippen LogP contribution in [0.3, 0.4) is 0 Å². The Labute approximate surface area is 74.8 Å². The third-order valence-corrected chi connectivity index (χ3v) is 1.81. The Bertz CT molecular complexity index is 353. The van der Waals surface area contributed by atoms with Gasteiger partial charge < -0.3 is 8.94 Å². The molecule has 4 heteroatoms. The number of aromatic nitrogens is 1. The van der Waals surface area contributed by atoms with Crippen LogP contribution in [0.5, 0.6) is 0 Å². The van der Waals surface area contributed by atoms with Gasteiger partial charge in [0.05, 0.1) is 12.0 Å². The lowest BCUT2D eigenvalue weighted by atomic mass is 10.3. The predicted molar refractivity (Wildman–Crippen MR) is 46.9 cm³/mol. The van der Waals surface area contributed by atoms with Gasteiger partial charge >= 0.3 is 0 Å². The van der Waals surface area contributed by atoms with Crippen LogP contribution in [-0.4, -0.2) is 5.16 Å². The second-order valence-electron chi connectivity index (χ2n) is 2.32. The molecule has 0 aliphatic carbocycles. The lowest BCUT2D eigenvalue weighted by Gasteiger charge is -1.83. The molecule has 62 valence electrons. The van der Waals surface area contributed by atoms with Gasteiger partial charge in [-0.1, -0.05) is 5.16 Å². The fourth-order valence-corrected chi connectivity index (χ4v) is 1.07. The molecule has 3 nitrogen and oxygen atoms in total. The number of hydrogen-bond acceptors (Lipinski definition) is 4. The van der Waals surface area contributed by atoms with Crippen molar-refractivity contribution in [1.82, 2.24) is 5.16 Å². The molecule has 2 aromatic rings. The predicted octanol–water partition coefficient (Wildman–Crippen LogP) is 2.36. The summed E-state index contributed by atoms with van der Waals surface area (Å²) in [5, 5.41) is 3.78. The average molecular weight is 181 g/mol. The molecule has 2 heterocycles. The van der Waals surface area contributed by atoms with E-state index in [1.54, 1.807) is 12.3 Å². The van der Waals surface area contributed by atoms with Crippen molar-refractivity contribution in [2.45, 2.75) is 5.75 Å². The summed E-state index contributed by atoms with van der Waals surface area (Å²) in [5.74, 6) is 1.91. The summed E-state index contributed by atoms with van der Waals surface area (Å²) < 4.78 is 10.1. The summed E-state index contributed by atoms with van der Waals surface area (Å²) in [6.45, 7) is 0. The molecule has 0 spiro atoms. The van der Waals surface area contributed by atoms with Gasteiger partial charge in [-0.25, -0.2) is 0 Å². The van der Waals surface area contributed by atoms with Gasteiger partial charge in [-0.3, -0.25) is 0 Å². The molecule has 0 N–H and O–H groups in total. The van der Waals surface area contributed by atoms with Crippen molar-refractivity contribution in [2.24, 2.45) is 0 Å². The number of furan rings is 1. The number of thiol groups is 1. The Hall–Kier alpha value is -1.16. The minimum Gasteiger partial charge on any atom is -0.461 e. The van der Waals surface area contributed by atoms with Crippen LogP contribution in [0.1, 0.15) is 5.69 Å². The summed E-state index contributed by atoms with van der Waals surface area (Å²) in [4.78, 5) is 0. The Balaban J connectivity index is 2.35. The van der Waals surface area contributed by atoms with E-state index in [2.05, 4.69) is 17.8 Å². The molecule has 0 amide bonds. The van der Waals surface area contributed by atoms with E-state index < -0.39 is 0 Å². The largest absolute Gasteiger partial charge is 0.461 e. The molecule has 0 radical (unpaired) electrons. The van der Waals surface area contributed by atoms with Gasteiger partial charge in [0.15, 0.2) is 5.76 Å². The normalized spacial score (nSPS) is 10.4. The van der Waals surface area contributed by atoms with Gasteiger partial charge in [0.2, 0.25) is 5.76 Å². The molecule has 0 aliphatic rings. The monoisotopic (exact) mass is 181 g/mol. The Kier molecular flexibility index (Phi) is 1.91. The molecule has 0 aliphatic heterocycles. The maximum atomic E-state index is 5.12. The van der Waals surface area contributed by atoms with Crippen LogP contribution in [0.15, 0.2) is 33.4 Å². The van der Waals surface area contributed by atoms with Gasteiger partial charge in [-0.05, 0) is 12.1 Å². The summed E-state index contributed by atoms with van der Waals surface area (Å²) >= 11 is 4.07. The molecule has 0 saturated carbocycles. The Morgan fingerprint density at radius 1 is 1.42 bits per heavy atom. The van der Waals surface area contributed by atoms with Crippen LogP contribution in [0, 0.1) is 0 Å². The standard InChI is InChI=1S/C8H7NO2S/c12-5-6-4-8(11-9-6)7-2-1-3-10-7/h1-4,12H,5H2. The minimum absolute atomic E-state index is 0.574. The molecule has 2 rings (SSSR count). The van der Waals surface area contributed by atoms with Gasteiger partial charge in [0.25, 0.3) is 0 Å². The van der Waals surface area contributed by atoms with E-state index in [1.165, 1.54) is 0 Å². The van der Waals surface area contributed by atoms with Gasteiger partial charge in [0.1, 0.15) is 0 Å². The maximum absolute atomic E-state index is 5.12. The zero-order chi connectivity index (χ0) is 8.39. The van der Waals surface area contributed by atoms with Gasteiger partial charge in [-0.15, -0.1) is 0 Å². The zero-order valence-corrected chi connectivity index (χ0v) is 7.12. The summed E-state index contributed by atoms with van der Waals surface area (Å²) in [6, 6.07) is 5.44. The SMILES string of the molecule is SCc1cc(-c2ccco2)on1. The molecule has 0 aromatic carbocycles.